The first kappa shape index (κ1) is 13.1. The second-order valence-electron chi connectivity index (χ2n) is 4.17. The number of hydrogen-bond acceptors (Lipinski definition) is 2. The van der Waals surface area contributed by atoms with Crippen molar-refractivity contribution in [2.75, 3.05) is 24.3 Å². The summed E-state index contributed by atoms with van der Waals surface area (Å²) in [6, 6.07) is 13.0. The van der Waals surface area contributed by atoms with Gasteiger partial charge in [0.1, 0.15) is 5.82 Å². The molecule has 0 bridgehead atoms. The molecule has 2 rings (SSSR count). The summed E-state index contributed by atoms with van der Waals surface area (Å²) >= 11 is 0. The van der Waals surface area contributed by atoms with Gasteiger partial charge in [-0.1, -0.05) is 0 Å². The van der Waals surface area contributed by atoms with Crippen LogP contribution < -0.4 is 10.2 Å². The molecule has 4 heteroatoms. The summed E-state index contributed by atoms with van der Waals surface area (Å²) in [4.78, 5) is 13.7. The molecule has 0 saturated carbocycles. The summed E-state index contributed by atoms with van der Waals surface area (Å²) in [6.07, 6.45) is 0. The molecule has 0 spiro atoms. The minimum absolute atomic E-state index is 0.130. The molecule has 0 atom stereocenters. The van der Waals surface area contributed by atoms with E-state index in [-0.39, 0.29) is 11.7 Å². The Bertz CT molecular complexity index is 564. The van der Waals surface area contributed by atoms with Gasteiger partial charge in [0.05, 0.1) is 0 Å². The molecule has 98 valence electrons. The first-order valence-electron chi connectivity index (χ1n) is 5.93. The van der Waals surface area contributed by atoms with Gasteiger partial charge in [-0.3, -0.25) is 4.79 Å². The Hall–Kier alpha value is -2.36. The fraction of sp³-hybridized carbons (Fsp3) is 0.133. The van der Waals surface area contributed by atoms with Crippen LogP contribution in [0.15, 0.2) is 48.5 Å². The Morgan fingerprint density at radius 3 is 2.16 bits per heavy atom. The van der Waals surface area contributed by atoms with Crippen molar-refractivity contribution in [2.45, 2.75) is 0 Å². The summed E-state index contributed by atoms with van der Waals surface area (Å²) in [5.74, 6) is -0.447. The highest BCUT2D eigenvalue weighted by Gasteiger charge is 2.13. The van der Waals surface area contributed by atoms with Crippen LogP contribution in [0.1, 0.15) is 10.4 Å². The number of carbonyl (C=O) groups excluding carboxylic acids is 1. The molecule has 0 aromatic heterocycles. The van der Waals surface area contributed by atoms with Crippen molar-refractivity contribution < 1.29 is 9.18 Å². The summed E-state index contributed by atoms with van der Waals surface area (Å²) < 4.78 is 12.8. The van der Waals surface area contributed by atoms with Crippen LogP contribution in [0.5, 0.6) is 0 Å². The van der Waals surface area contributed by atoms with Gasteiger partial charge in [0.2, 0.25) is 0 Å². The monoisotopic (exact) mass is 258 g/mol. The van der Waals surface area contributed by atoms with Gasteiger partial charge in [-0.15, -0.1) is 0 Å². The smallest absolute Gasteiger partial charge is 0.258 e. The van der Waals surface area contributed by atoms with Crippen LogP contribution >= 0.6 is 0 Å². The lowest BCUT2D eigenvalue weighted by Crippen LogP contribution is -2.26. The standard InChI is InChI=1S/C15H15FN2O/c1-17-13-7-3-11(4-8-13)15(19)18(2)14-9-5-12(16)6-10-14/h3-10,17H,1-2H3. The third kappa shape index (κ3) is 2.91. The molecule has 2 aromatic carbocycles. The average molecular weight is 258 g/mol. The first-order chi connectivity index (χ1) is 9.11. The van der Waals surface area contributed by atoms with Crippen molar-refractivity contribution in [1.29, 1.82) is 0 Å². The highest BCUT2D eigenvalue weighted by atomic mass is 19.1. The van der Waals surface area contributed by atoms with Crippen LogP contribution in [-0.4, -0.2) is 20.0 Å². The molecular weight excluding hydrogens is 243 g/mol. The highest BCUT2D eigenvalue weighted by molar-refractivity contribution is 6.05. The van der Waals surface area contributed by atoms with Crippen molar-refractivity contribution in [1.82, 2.24) is 0 Å². The minimum atomic E-state index is -0.317. The van der Waals surface area contributed by atoms with E-state index in [0.717, 1.165) is 5.69 Å². The van der Waals surface area contributed by atoms with E-state index in [0.29, 0.717) is 11.3 Å². The van der Waals surface area contributed by atoms with Gasteiger partial charge in [0.25, 0.3) is 5.91 Å². The molecular formula is C15H15FN2O. The molecule has 0 unspecified atom stereocenters. The number of nitrogens with one attached hydrogen (secondary N) is 1. The maximum absolute atomic E-state index is 12.8. The Morgan fingerprint density at radius 2 is 1.63 bits per heavy atom. The lowest BCUT2D eigenvalue weighted by atomic mass is 10.1. The molecule has 0 heterocycles. The molecule has 0 radical (unpaired) electrons. The SMILES string of the molecule is CNc1ccc(C(=O)N(C)c2ccc(F)cc2)cc1. The third-order valence-corrected chi connectivity index (χ3v) is 2.94. The molecule has 0 fully saturated rings. The zero-order valence-corrected chi connectivity index (χ0v) is 10.9. The van der Waals surface area contributed by atoms with Crippen molar-refractivity contribution in [3.05, 3.63) is 59.9 Å². The predicted octanol–water partition coefficient (Wildman–Crippen LogP) is 3.14. The number of carbonyl (C=O) groups is 1. The van der Waals surface area contributed by atoms with Crippen LogP contribution in [0.4, 0.5) is 15.8 Å². The number of anilines is 2. The van der Waals surface area contributed by atoms with Crippen LogP contribution in [0.2, 0.25) is 0 Å². The second kappa shape index (κ2) is 5.52. The quantitative estimate of drug-likeness (QED) is 0.917. The first-order valence-corrected chi connectivity index (χ1v) is 5.93. The fourth-order valence-electron chi connectivity index (χ4n) is 1.76. The Balaban J connectivity index is 2.20. The zero-order valence-electron chi connectivity index (χ0n) is 10.9. The van der Waals surface area contributed by atoms with Crippen molar-refractivity contribution in [3.8, 4) is 0 Å². The third-order valence-electron chi connectivity index (χ3n) is 2.94. The molecule has 0 saturated heterocycles. The molecule has 0 aliphatic heterocycles. The molecule has 1 amide bonds. The highest BCUT2D eigenvalue weighted by Crippen LogP contribution is 2.17. The molecule has 0 aliphatic carbocycles. The number of benzene rings is 2. The van der Waals surface area contributed by atoms with Gasteiger partial charge in [-0.05, 0) is 48.5 Å². The lowest BCUT2D eigenvalue weighted by Gasteiger charge is -2.17. The predicted molar refractivity (Wildman–Crippen MR) is 75.1 cm³/mol. The Labute approximate surface area is 111 Å². The number of halogens is 1. The number of nitrogens with zero attached hydrogens (tertiary/aromatic N) is 1. The van der Waals surface area contributed by atoms with Crippen molar-refractivity contribution in [3.63, 3.8) is 0 Å². The average Bonchev–Trinajstić information content (AvgIpc) is 2.46. The molecule has 3 nitrogen and oxygen atoms in total. The Morgan fingerprint density at radius 1 is 1.05 bits per heavy atom. The van der Waals surface area contributed by atoms with Crippen LogP contribution in [-0.2, 0) is 0 Å². The summed E-state index contributed by atoms with van der Waals surface area (Å²) in [5.41, 5.74) is 2.19. The molecule has 1 N–H and O–H groups in total. The topological polar surface area (TPSA) is 32.3 Å². The van der Waals surface area contributed by atoms with Gasteiger partial charge < -0.3 is 10.2 Å². The molecule has 19 heavy (non-hydrogen) atoms. The molecule has 2 aromatic rings. The van der Waals surface area contributed by atoms with Gasteiger partial charge in [0, 0.05) is 31.0 Å². The van der Waals surface area contributed by atoms with Crippen molar-refractivity contribution in [2.24, 2.45) is 0 Å². The van der Waals surface area contributed by atoms with Crippen LogP contribution in [0.3, 0.4) is 0 Å². The number of hydrogen-bond donors (Lipinski definition) is 1. The van der Waals surface area contributed by atoms with E-state index < -0.39 is 0 Å². The Kier molecular flexibility index (Phi) is 3.80. The normalized spacial score (nSPS) is 10.1. The maximum Gasteiger partial charge on any atom is 0.258 e. The summed E-state index contributed by atoms with van der Waals surface area (Å²) in [5, 5.41) is 2.99. The summed E-state index contributed by atoms with van der Waals surface area (Å²) in [6.45, 7) is 0. The minimum Gasteiger partial charge on any atom is -0.388 e. The van der Waals surface area contributed by atoms with E-state index in [9.17, 15) is 9.18 Å². The van der Waals surface area contributed by atoms with Crippen LogP contribution in [0.25, 0.3) is 0 Å². The van der Waals surface area contributed by atoms with Crippen LogP contribution in [0, 0.1) is 5.82 Å². The van der Waals surface area contributed by atoms with E-state index in [4.69, 9.17) is 0 Å². The molecule has 0 aliphatic rings. The van der Waals surface area contributed by atoms with Crippen molar-refractivity contribution >= 4 is 17.3 Å². The zero-order chi connectivity index (χ0) is 13.8. The van der Waals surface area contributed by atoms with Gasteiger partial charge in [-0.2, -0.15) is 0 Å². The van der Waals surface area contributed by atoms with E-state index >= 15 is 0 Å². The van der Waals surface area contributed by atoms with Gasteiger partial charge in [0.15, 0.2) is 0 Å². The van der Waals surface area contributed by atoms with E-state index in [2.05, 4.69) is 5.32 Å². The fourth-order valence-corrected chi connectivity index (χ4v) is 1.76. The second-order valence-corrected chi connectivity index (χ2v) is 4.17. The number of rotatable bonds is 3. The van der Waals surface area contributed by atoms with E-state index in [1.165, 1.54) is 17.0 Å². The lowest BCUT2D eigenvalue weighted by molar-refractivity contribution is 0.0993. The van der Waals surface area contributed by atoms with Gasteiger partial charge in [-0.25, -0.2) is 4.39 Å². The summed E-state index contributed by atoms with van der Waals surface area (Å²) in [7, 11) is 3.49. The maximum atomic E-state index is 12.8. The largest absolute Gasteiger partial charge is 0.388 e. The number of amides is 1. The van der Waals surface area contributed by atoms with E-state index in [1.807, 2.05) is 19.2 Å². The van der Waals surface area contributed by atoms with Gasteiger partial charge >= 0.3 is 0 Å². The van der Waals surface area contributed by atoms with E-state index in [1.54, 1.807) is 31.3 Å².